The Kier molecular flexibility index (Phi) is 4.90. The molecule has 2 atom stereocenters. The van der Waals surface area contributed by atoms with Crippen LogP contribution in [-0.2, 0) is 4.79 Å². The van der Waals surface area contributed by atoms with E-state index in [1.807, 2.05) is 0 Å². The van der Waals surface area contributed by atoms with Gasteiger partial charge in [0.1, 0.15) is 11.7 Å². The quantitative estimate of drug-likeness (QED) is 0.417. The van der Waals surface area contributed by atoms with Crippen molar-refractivity contribution in [3.05, 3.63) is 17.5 Å². The van der Waals surface area contributed by atoms with Crippen molar-refractivity contribution in [3.8, 4) is 0 Å². The van der Waals surface area contributed by atoms with E-state index in [-0.39, 0.29) is 11.7 Å². The average molecular weight is 270 g/mol. The fourth-order valence-electron chi connectivity index (χ4n) is 1.68. The van der Waals surface area contributed by atoms with Gasteiger partial charge in [-0.25, -0.2) is 4.79 Å². The normalized spacial score (nSPS) is 21.6. The molecule has 1 aliphatic rings. The molecule has 1 aromatic rings. The third kappa shape index (κ3) is 3.97. The zero-order valence-corrected chi connectivity index (χ0v) is 10.5. The topological polar surface area (TPSA) is 154 Å². The molecule has 2 unspecified atom stereocenters. The van der Waals surface area contributed by atoms with Crippen molar-refractivity contribution in [2.75, 3.05) is 12.3 Å². The highest BCUT2D eigenvalue weighted by molar-refractivity contribution is 5.89. The van der Waals surface area contributed by atoms with Crippen LogP contribution in [0, 0.1) is 6.92 Å². The zero-order chi connectivity index (χ0) is 14.6. The van der Waals surface area contributed by atoms with Crippen LogP contribution in [0.2, 0.25) is 0 Å². The molecule has 1 aromatic heterocycles. The van der Waals surface area contributed by atoms with Gasteiger partial charge in [-0.05, 0) is 13.3 Å². The first-order chi connectivity index (χ1) is 8.82. The Morgan fingerprint density at radius 1 is 1.42 bits per heavy atom. The molecular weight excluding hydrogens is 252 g/mol. The summed E-state index contributed by atoms with van der Waals surface area (Å²) in [7, 11) is 0. The van der Waals surface area contributed by atoms with Crippen LogP contribution in [0.5, 0.6) is 0 Å². The van der Waals surface area contributed by atoms with Gasteiger partial charge in [0, 0.05) is 24.3 Å². The number of nitrogens with two attached hydrogens (primary N) is 2. The van der Waals surface area contributed by atoms with Crippen molar-refractivity contribution in [1.82, 2.24) is 10.3 Å². The van der Waals surface area contributed by atoms with Crippen LogP contribution >= 0.6 is 0 Å². The molecule has 8 N–H and O–H groups in total. The molecule has 8 heteroatoms. The first kappa shape index (κ1) is 15.0. The van der Waals surface area contributed by atoms with Crippen molar-refractivity contribution in [2.45, 2.75) is 25.4 Å². The molecule has 0 amide bonds. The number of nitrogen functional groups attached to an aromatic ring is 1. The van der Waals surface area contributed by atoms with Crippen LogP contribution in [0.25, 0.3) is 0 Å². The van der Waals surface area contributed by atoms with Gasteiger partial charge >= 0.3 is 11.9 Å². The Labute approximate surface area is 109 Å². The predicted octanol–water partition coefficient (Wildman–Crippen LogP) is -0.636. The predicted molar refractivity (Wildman–Crippen MR) is 68.9 cm³/mol. The van der Waals surface area contributed by atoms with E-state index in [1.165, 1.54) is 6.20 Å². The molecule has 1 fully saturated rings. The second kappa shape index (κ2) is 6.21. The summed E-state index contributed by atoms with van der Waals surface area (Å²) in [6.45, 7) is 2.28. The standard InChI is InChI=1S/C6H8N2O2.C5H10N2O2/c1-3-4(7)2-8-5(3)6(9)10;6-3-1-4(5(8)9)7-2-3/h2,8H,7H2,1H3,(H,9,10);3-4,7H,1-2,6H2,(H,8,9). The van der Waals surface area contributed by atoms with Gasteiger partial charge < -0.3 is 32.0 Å². The number of aromatic nitrogens is 1. The summed E-state index contributed by atoms with van der Waals surface area (Å²) in [4.78, 5) is 23.1. The average Bonchev–Trinajstić information content (AvgIpc) is 2.88. The number of aromatic amines is 1. The number of rotatable bonds is 2. The lowest BCUT2D eigenvalue weighted by Gasteiger charge is -2.00. The first-order valence-corrected chi connectivity index (χ1v) is 5.71. The minimum Gasteiger partial charge on any atom is -0.480 e. The molecule has 0 saturated carbocycles. The molecule has 0 spiro atoms. The summed E-state index contributed by atoms with van der Waals surface area (Å²) >= 11 is 0. The maximum atomic E-state index is 10.3. The monoisotopic (exact) mass is 270 g/mol. The minimum atomic E-state index is -0.978. The highest BCUT2D eigenvalue weighted by atomic mass is 16.4. The Morgan fingerprint density at radius 3 is 2.26 bits per heavy atom. The third-order valence-electron chi connectivity index (χ3n) is 2.86. The van der Waals surface area contributed by atoms with Crippen LogP contribution < -0.4 is 16.8 Å². The second-order valence-electron chi connectivity index (χ2n) is 4.34. The van der Waals surface area contributed by atoms with E-state index in [0.29, 0.717) is 24.2 Å². The Morgan fingerprint density at radius 2 is 2.05 bits per heavy atom. The number of hydrogen-bond acceptors (Lipinski definition) is 5. The fourth-order valence-corrected chi connectivity index (χ4v) is 1.68. The zero-order valence-electron chi connectivity index (χ0n) is 10.5. The van der Waals surface area contributed by atoms with Crippen LogP contribution in [-0.4, -0.2) is 45.8 Å². The number of carboxylic acid groups (broad SMARTS) is 2. The third-order valence-corrected chi connectivity index (χ3v) is 2.86. The highest BCUT2D eigenvalue weighted by Crippen LogP contribution is 2.13. The number of hydrogen-bond donors (Lipinski definition) is 6. The van der Waals surface area contributed by atoms with E-state index in [4.69, 9.17) is 21.7 Å². The van der Waals surface area contributed by atoms with Gasteiger partial charge in [-0.15, -0.1) is 0 Å². The summed E-state index contributed by atoms with van der Waals surface area (Å²) in [6.07, 6.45) is 2.02. The lowest BCUT2D eigenvalue weighted by molar-refractivity contribution is -0.139. The van der Waals surface area contributed by atoms with Gasteiger partial charge in [0.2, 0.25) is 0 Å². The fraction of sp³-hybridized carbons (Fsp3) is 0.455. The van der Waals surface area contributed by atoms with Gasteiger partial charge in [-0.1, -0.05) is 0 Å². The number of H-pyrrole nitrogens is 1. The van der Waals surface area contributed by atoms with E-state index in [2.05, 4.69) is 10.3 Å². The van der Waals surface area contributed by atoms with Crippen LogP contribution in [0.1, 0.15) is 22.5 Å². The lowest BCUT2D eigenvalue weighted by atomic mass is 10.2. The van der Waals surface area contributed by atoms with Crippen molar-refractivity contribution >= 4 is 17.6 Å². The number of aliphatic carboxylic acids is 1. The van der Waals surface area contributed by atoms with E-state index in [1.54, 1.807) is 6.92 Å². The smallest absolute Gasteiger partial charge is 0.352 e. The summed E-state index contributed by atoms with van der Waals surface area (Å²) in [5.41, 5.74) is 12.1. The molecule has 0 aromatic carbocycles. The molecule has 19 heavy (non-hydrogen) atoms. The molecule has 2 rings (SSSR count). The Bertz CT molecular complexity index is 471. The maximum Gasteiger partial charge on any atom is 0.352 e. The lowest BCUT2D eigenvalue weighted by Crippen LogP contribution is -2.30. The number of aromatic carboxylic acids is 1. The van der Waals surface area contributed by atoms with E-state index >= 15 is 0 Å². The van der Waals surface area contributed by atoms with E-state index < -0.39 is 18.0 Å². The highest BCUT2D eigenvalue weighted by Gasteiger charge is 2.26. The number of carbonyl (C=O) groups is 2. The molecule has 0 aliphatic carbocycles. The molecule has 0 bridgehead atoms. The summed E-state index contributed by atoms with van der Waals surface area (Å²) in [5, 5.41) is 19.7. The van der Waals surface area contributed by atoms with Crippen molar-refractivity contribution in [3.63, 3.8) is 0 Å². The Balaban J connectivity index is 0.000000191. The first-order valence-electron chi connectivity index (χ1n) is 5.71. The molecule has 8 nitrogen and oxygen atoms in total. The maximum absolute atomic E-state index is 10.3. The van der Waals surface area contributed by atoms with E-state index in [0.717, 1.165) is 0 Å². The van der Waals surface area contributed by atoms with Gasteiger partial charge in [-0.3, -0.25) is 4.79 Å². The van der Waals surface area contributed by atoms with Crippen molar-refractivity contribution in [1.29, 1.82) is 0 Å². The number of anilines is 1. The van der Waals surface area contributed by atoms with Crippen molar-refractivity contribution in [2.24, 2.45) is 5.73 Å². The molecule has 2 heterocycles. The van der Waals surface area contributed by atoms with Crippen LogP contribution in [0.15, 0.2) is 6.20 Å². The van der Waals surface area contributed by atoms with E-state index in [9.17, 15) is 9.59 Å². The molecule has 1 saturated heterocycles. The van der Waals surface area contributed by atoms with Crippen molar-refractivity contribution < 1.29 is 19.8 Å². The molecule has 106 valence electrons. The minimum absolute atomic E-state index is 0.0195. The Hall–Kier alpha value is -2.06. The molecule has 1 aliphatic heterocycles. The number of carboxylic acids is 2. The summed E-state index contributed by atoms with van der Waals surface area (Å²) in [6, 6.07) is -0.397. The second-order valence-corrected chi connectivity index (χ2v) is 4.34. The van der Waals surface area contributed by atoms with Crippen LogP contribution in [0.4, 0.5) is 5.69 Å². The van der Waals surface area contributed by atoms with Gasteiger partial charge in [-0.2, -0.15) is 0 Å². The van der Waals surface area contributed by atoms with Crippen LogP contribution in [0.3, 0.4) is 0 Å². The van der Waals surface area contributed by atoms with Gasteiger partial charge in [0.15, 0.2) is 0 Å². The largest absolute Gasteiger partial charge is 0.480 e. The van der Waals surface area contributed by atoms with Gasteiger partial charge in [0.05, 0.1) is 5.69 Å². The number of nitrogens with one attached hydrogen (secondary N) is 2. The SMILES string of the molecule is Cc1c(N)c[nH]c1C(=O)O.NC1CNC(C(=O)O)C1. The molecule has 0 radical (unpaired) electrons. The summed E-state index contributed by atoms with van der Waals surface area (Å²) < 4.78 is 0. The molecular formula is C11H18N4O4. The van der Waals surface area contributed by atoms with Gasteiger partial charge in [0.25, 0.3) is 0 Å². The summed E-state index contributed by atoms with van der Waals surface area (Å²) in [5.74, 6) is -1.78.